The molecule has 0 saturated heterocycles. The Bertz CT molecular complexity index is 372. The molecule has 1 aromatic carbocycles. The van der Waals surface area contributed by atoms with Gasteiger partial charge in [0.2, 0.25) is 0 Å². The zero-order valence-electron chi connectivity index (χ0n) is 9.93. The van der Waals surface area contributed by atoms with Gasteiger partial charge in [0.15, 0.2) is 0 Å². The Morgan fingerprint density at radius 3 is 2.27 bits per heavy atom. The second-order valence-corrected chi connectivity index (χ2v) is 5.15. The molecule has 1 aliphatic rings. The number of benzene rings is 1. The van der Waals surface area contributed by atoms with Gasteiger partial charge in [-0.2, -0.15) is 0 Å². The molecule has 0 aliphatic heterocycles. The molecule has 0 aromatic heterocycles. The van der Waals surface area contributed by atoms with Gasteiger partial charge in [-0.25, -0.2) is 0 Å². The van der Waals surface area contributed by atoms with Gasteiger partial charge in [0, 0.05) is 0 Å². The first kappa shape index (κ1) is 10.7. The lowest BCUT2D eigenvalue weighted by atomic mass is 9.81. The summed E-state index contributed by atoms with van der Waals surface area (Å²) in [4.78, 5) is 0. The van der Waals surface area contributed by atoms with Crippen LogP contribution in [-0.2, 0) is 18.4 Å². The Hall–Kier alpha value is -0.820. The molecular formula is C14H20O. The smallest absolute Gasteiger partial charge is 0.0843 e. The summed E-state index contributed by atoms with van der Waals surface area (Å²) in [5, 5.41) is 10.1. The van der Waals surface area contributed by atoms with Crippen molar-refractivity contribution in [3.63, 3.8) is 0 Å². The van der Waals surface area contributed by atoms with Crippen molar-refractivity contribution in [1.82, 2.24) is 0 Å². The zero-order valence-corrected chi connectivity index (χ0v) is 9.93. The maximum Gasteiger partial charge on any atom is 0.0843 e. The van der Waals surface area contributed by atoms with Crippen LogP contribution in [0.2, 0.25) is 0 Å². The van der Waals surface area contributed by atoms with Crippen LogP contribution < -0.4 is 0 Å². The quantitative estimate of drug-likeness (QED) is 0.745. The highest BCUT2D eigenvalue weighted by Crippen LogP contribution is 2.32. The fourth-order valence-electron chi connectivity index (χ4n) is 2.62. The van der Waals surface area contributed by atoms with E-state index >= 15 is 0 Å². The van der Waals surface area contributed by atoms with E-state index in [4.69, 9.17) is 0 Å². The molecule has 15 heavy (non-hydrogen) atoms. The van der Waals surface area contributed by atoms with Crippen molar-refractivity contribution in [3.8, 4) is 0 Å². The first-order valence-electron chi connectivity index (χ1n) is 5.84. The van der Waals surface area contributed by atoms with Crippen molar-refractivity contribution in [1.29, 1.82) is 0 Å². The van der Waals surface area contributed by atoms with Gasteiger partial charge in [-0.3, -0.25) is 0 Å². The Balaban J connectivity index is 2.58. The van der Waals surface area contributed by atoms with E-state index in [1.54, 1.807) is 0 Å². The molecule has 1 N–H and O–H groups in total. The first-order chi connectivity index (χ1) is 7.00. The van der Waals surface area contributed by atoms with Gasteiger partial charge >= 0.3 is 0 Å². The van der Waals surface area contributed by atoms with Gasteiger partial charge in [-0.1, -0.05) is 12.1 Å². The third kappa shape index (κ3) is 1.93. The highest BCUT2D eigenvalue weighted by molar-refractivity contribution is 5.44. The maximum atomic E-state index is 10.1. The third-order valence-corrected chi connectivity index (χ3v) is 3.43. The van der Waals surface area contributed by atoms with Crippen LogP contribution in [0.3, 0.4) is 0 Å². The zero-order chi connectivity index (χ0) is 11.1. The summed E-state index contributed by atoms with van der Waals surface area (Å²) in [5.41, 5.74) is 4.71. The van der Waals surface area contributed by atoms with E-state index in [2.05, 4.69) is 19.1 Å². The van der Waals surface area contributed by atoms with Crippen LogP contribution in [0, 0.1) is 6.92 Å². The largest absolute Gasteiger partial charge is 0.386 e. The van der Waals surface area contributed by atoms with Crippen LogP contribution >= 0.6 is 0 Å². The average Bonchev–Trinajstić information content (AvgIpc) is 2.17. The number of aliphatic hydroxyl groups is 1. The van der Waals surface area contributed by atoms with Crippen LogP contribution in [0.5, 0.6) is 0 Å². The molecule has 0 unspecified atom stereocenters. The molecule has 0 fully saturated rings. The molecular weight excluding hydrogens is 184 g/mol. The van der Waals surface area contributed by atoms with Crippen LogP contribution in [0.15, 0.2) is 12.1 Å². The fourth-order valence-corrected chi connectivity index (χ4v) is 2.62. The highest BCUT2D eigenvalue weighted by atomic mass is 16.3. The van der Waals surface area contributed by atoms with Gasteiger partial charge in [0.25, 0.3) is 0 Å². The molecule has 0 radical (unpaired) electrons. The number of fused-ring (bicyclic) bond motifs is 1. The minimum absolute atomic E-state index is 0.699. The van der Waals surface area contributed by atoms with E-state index in [1.165, 1.54) is 36.0 Å². The molecule has 1 aromatic rings. The van der Waals surface area contributed by atoms with Crippen molar-refractivity contribution in [2.45, 2.75) is 52.1 Å². The minimum Gasteiger partial charge on any atom is -0.386 e. The van der Waals surface area contributed by atoms with E-state index in [9.17, 15) is 5.11 Å². The molecule has 1 heteroatoms. The summed E-state index contributed by atoms with van der Waals surface area (Å²) in [6.07, 6.45) is 4.88. The summed E-state index contributed by atoms with van der Waals surface area (Å²) in [6.45, 7) is 5.94. The Labute approximate surface area is 92.1 Å². The molecule has 0 saturated carbocycles. The van der Waals surface area contributed by atoms with Crippen LogP contribution in [-0.4, -0.2) is 5.11 Å². The average molecular weight is 204 g/mol. The molecule has 1 aliphatic carbocycles. The topological polar surface area (TPSA) is 20.2 Å². The monoisotopic (exact) mass is 204 g/mol. The van der Waals surface area contributed by atoms with Gasteiger partial charge in [-0.15, -0.1) is 0 Å². The molecule has 0 amide bonds. The predicted octanol–water partition coefficient (Wildman–Crippen LogP) is 3.10. The lowest BCUT2D eigenvalue weighted by Gasteiger charge is -2.27. The van der Waals surface area contributed by atoms with Crippen LogP contribution in [0.1, 0.15) is 48.9 Å². The normalized spacial score (nSPS) is 16.3. The van der Waals surface area contributed by atoms with E-state index in [-0.39, 0.29) is 0 Å². The number of hydrogen-bond donors (Lipinski definition) is 1. The summed E-state index contributed by atoms with van der Waals surface area (Å²) < 4.78 is 0. The van der Waals surface area contributed by atoms with Crippen molar-refractivity contribution < 1.29 is 5.11 Å². The Kier molecular flexibility index (Phi) is 2.59. The number of aryl methyl sites for hydroxylation is 1. The summed E-state index contributed by atoms with van der Waals surface area (Å²) in [5.74, 6) is 0. The van der Waals surface area contributed by atoms with Gasteiger partial charge in [0.05, 0.1) is 5.60 Å². The molecule has 0 atom stereocenters. The van der Waals surface area contributed by atoms with Crippen molar-refractivity contribution >= 4 is 0 Å². The SMILES string of the molecule is Cc1ccc(C(C)(C)O)c2c1CCCC2. The molecule has 0 heterocycles. The second kappa shape index (κ2) is 3.64. The summed E-state index contributed by atoms with van der Waals surface area (Å²) in [6, 6.07) is 4.25. The van der Waals surface area contributed by atoms with Gasteiger partial charge < -0.3 is 5.11 Å². The lowest BCUT2D eigenvalue weighted by molar-refractivity contribution is 0.0773. The Morgan fingerprint density at radius 1 is 1.07 bits per heavy atom. The minimum atomic E-state index is -0.699. The standard InChI is InChI=1S/C14H20O/c1-10-8-9-13(14(2,3)15)12-7-5-4-6-11(10)12/h8-9,15H,4-7H2,1-3H3. The predicted molar refractivity (Wildman–Crippen MR) is 63.1 cm³/mol. The molecule has 0 spiro atoms. The molecule has 1 nitrogen and oxygen atoms in total. The van der Waals surface area contributed by atoms with E-state index in [0.29, 0.717) is 0 Å². The van der Waals surface area contributed by atoms with Gasteiger partial charge in [0.1, 0.15) is 0 Å². The summed E-state index contributed by atoms with van der Waals surface area (Å²) in [7, 11) is 0. The fraction of sp³-hybridized carbons (Fsp3) is 0.571. The second-order valence-electron chi connectivity index (χ2n) is 5.15. The highest BCUT2D eigenvalue weighted by Gasteiger charge is 2.23. The van der Waals surface area contributed by atoms with E-state index in [0.717, 1.165) is 12.0 Å². The third-order valence-electron chi connectivity index (χ3n) is 3.43. The molecule has 2 rings (SSSR count). The number of rotatable bonds is 1. The van der Waals surface area contributed by atoms with Crippen molar-refractivity contribution in [2.24, 2.45) is 0 Å². The van der Waals surface area contributed by atoms with Gasteiger partial charge in [-0.05, 0) is 68.7 Å². The van der Waals surface area contributed by atoms with Crippen LogP contribution in [0.25, 0.3) is 0 Å². The van der Waals surface area contributed by atoms with E-state index in [1.807, 2.05) is 13.8 Å². The maximum absolute atomic E-state index is 10.1. The van der Waals surface area contributed by atoms with Crippen LogP contribution in [0.4, 0.5) is 0 Å². The summed E-state index contributed by atoms with van der Waals surface area (Å²) >= 11 is 0. The number of hydrogen-bond acceptors (Lipinski definition) is 1. The van der Waals surface area contributed by atoms with E-state index < -0.39 is 5.60 Å². The molecule has 0 bridgehead atoms. The molecule has 82 valence electrons. The van der Waals surface area contributed by atoms with Crippen molar-refractivity contribution in [2.75, 3.05) is 0 Å². The van der Waals surface area contributed by atoms with Crippen molar-refractivity contribution in [3.05, 3.63) is 34.4 Å². The lowest BCUT2D eigenvalue weighted by Crippen LogP contribution is -2.21. The Morgan fingerprint density at radius 2 is 1.67 bits per heavy atom. The first-order valence-corrected chi connectivity index (χ1v) is 5.84.